The van der Waals surface area contributed by atoms with E-state index in [9.17, 15) is 21.6 Å². The third-order valence-electron chi connectivity index (χ3n) is 5.88. The van der Waals surface area contributed by atoms with Gasteiger partial charge in [-0.2, -0.15) is 4.31 Å². The zero-order chi connectivity index (χ0) is 25.4. The van der Waals surface area contributed by atoms with Crippen LogP contribution in [0, 0.1) is 5.92 Å². The van der Waals surface area contributed by atoms with Gasteiger partial charge in [-0.05, 0) is 49.4 Å². The normalized spacial score (nSPS) is 16.1. The van der Waals surface area contributed by atoms with Crippen LogP contribution in [0.15, 0.2) is 57.2 Å². The Bertz CT molecular complexity index is 1460. The molecule has 1 amide bonds. The van der Waals surface area contributed by atoms with Crippen LogP contribution >= 0.6 is 23.1 Å². The molecule has 0 spiro atoms. The van der Waals surface area contributed by atoms with Crippen LogP contribution in [0.4, 0.5) is 5.13 Å². The van der Waals surface area contributed by atoms with Crippen molar-refractivity contribution in [3.05, 3.63) is 42.5 Å². The first-order valence-corrected chi connectivity index (χ1v) is 15.7. The van der Waals surface area contributed by atoms with Crippen LogP contribution in [0.1, 0.15) is 12.8 Å². The second-order valence-corrected chi connectivity index (χ2v) is 14.2. The third kappa shape index (κ3) is 5.25. The minimum absolute atomic E-state index is 0.160. The Kier molecular flexibility index (Phi) is 7.55. The van der Waals surface area contributed by atoms with E-state index in [0.29, 0.717) is 38.0 Å². The summed E-state index contributed by atoms with van der Waals surface area (Å²) in [5.41, 5.74) is 0.594. The van der Waals surface area contributed by atoms with Gasteiger partial charge in [-0.25, -0.2) is 26.1 Å². The van der Waals surface area contributed by atoms with Gasteiger partial charge in [-0.3, -0.25) is 4.79 Å². The van der Waals surface area contributed by atoms with Crippen LogP contribution in [0.5, 0.6) is 0 Å². The van der Waals surface area contributed by atoms with E-state index in [4.69, 9.17) is 0 Å². The molecule has 1 N–H and O–H groups in total. The summed E-state index contributed by atoms with van der Waals surface area (Å²) in [6.07, 6.45) is 2.65. The zero-order valence-electron chi connectivity index (χ0n) is 19.5. The van der Waals surface area contributed by atoms with E-state index in [-0.39, 0.29) is 29.8 Å². The number of benzene rings is 2. The number of carbonyl (C=O) groups excluding carboxylic acids is 1. The Morgan fingerprint density at radius 3 is 2.46 bits per heavy atom. The molecule has 9 nitrogen and oxygen atoms in total. The summed E-state index contributed by atoms with van der Waals surface area (Å²) in [7, 11) is -4.27. The number of thiazole rings is 1. The SMILES string of the molecule is CSc1ccccc1S(=O)(=O)N1CCC(C(=O)Nc2nc3ccc(S(=O)(=O)N(C)C)cc3s2)CC1. The van der Waals surface area contributed by atoms with Gasteiger partial charge < -0.3 is 5.32 Å². The summed E-state index contributed by atoms with van der Waals surface area (Å²) in [5, 5.41) is 3.21. The predicted octanol–water partition coefficient (Wildman–Crippen LogP) is 3.31. The average molecular weight is 555 g/mol. The summed E-state index contributed by atoms with van der Waals surface area (Å²) in [4.78, 5) is 18.4. The number of hydrogen-bond donors (Lipinski definition) is 1. The van der Waals surface area contributed by atoms with Gasteiger partial charge in [0.25, 0.3) is 0 Å². The number of thioether (sulfide) groups is 1. The monoisotopic (exact) mass is 554 g/mol. The van der Waals surface area contributed by atoms with Crippen molar-refractivity contribution in [1.29, 1.82) is 0 Å². The van der Waals surface area contributed by atoms with Crippen LogP contribution in [0.25, 0.3) is 10.2 Å². The van der Waals surface area contributed by atoms with E-state index in [1.165, 1.54) is 47.6 Å². The maximum atomic E-state index is 13.1. The third-order valence-corrected chi connectivity index (χ3v) is 11.5. The fraction of sp³-hybridized carbons (Fsp3) is 0.364. The number of sulfonamides is 2. The van der Waals surface area contributed by atoms with Crippen molar-refractivity contribution in [3.8, 4) is 0 Å². The number of amides is 1. The Morgan fingerprint density at radius 1 is 1.11 bits per heavy atom. The lowest BCUT2D eigenvalue weighted by Gasteiger charge is -2.30. The Balaban J connectivity index is 1.43. The molecule has 0 radical (unpaired) electrons. The van der Waals surface area contributed by atoms with Crippen molar-refractivity contribution in [2.75, 3.05) is 38.8 Å². The van der Waals surface area contributed by atoms with E-state index in [1.807, 2.05) is 12.3 Å². The zero-order valence-corrected chi connectivity index (χ0v) is 22.7. The maximum absolute atomic E-state index is 13.1. The quantitative estimate of drug-likeness (QED) is 0.446. The number of nitrogens with zero attached hydrogens (tertiary/aromatic N) is 3. The standard InChI is InChI=1S/C22H26N4O5S4/c1-25(2)34(28,29)16-8-9-17-19(14-16)33-22(23-17)24-21(27)15-10-12-26(13-11-15)35(30,31)20-7-5-4-6-18(20)32-3/h4-9,14-15H,10-13H2,1-3H3,(H,23,24,27). The van der Waals surface area contributed by atoms with Gasteiger partial charge in [0.15, 0.2) is 5.13 Å². The number of aromatic nitrogens is 1. The second kappa shape index (κ2) is 10.1. The lowest BCUT2D eigenvalue weighted by atomic mass is 9.97. The lowest BCUT2D eigenvalue weighted by molar-refractivity contribution is -0.120. The average Bonchev–Trinajstić information content (AvgIpc) is 3.25. The Morgan fingerprint density at radius 2 is 1.80 bits per heavy atom. The number of nitrogens with one attached hydrogen (secondary N) is 1. The molecule has 188 valence electrons. The van der Waals surface area contributed by atoms with Gasteiger partial charge >= 0.3 is 0 Å². The highest BCUT2D eigenvalue weighted by Gasteiger charge is 2.33. The summed E-state index contributed by atoms with van der Waals surface area (Å²) < 4.78 is 54.3. The molecule has 3 aromatic rings. The van der Waals surface area contributed by atoms with Crippen LogP contribution in [0.2, 0.25) is 0 Å². The van der Waals surface area contributed by atoms with Crippen molar-refractivity contribution >= 4 is 64.4 Å². The van der Waals surface area contributed by atoms with Crippen LogP contribution in [-0.2, 0) is 24.8 Å². The molecule has 35 heavy (non-hydrogen) atoms. The van der Waals surface area contributed by atoms with Crippen molar-refractivity contribution in [1.82, 2.24) is 13.6 Å². The van der Waals surface area contributed by atoms with E-state index < -0.39 is 20.0 Å². The predicted molar refractivity (Wildman–Crippen MR) is 139 cm³/mol. The fourth-order valence-corrected chi connectivity index (χ4v) is 8.37. The molecule has 0 bridgehead atoms. The van der Waals surface area contributed by atoms with Gasteiger partial charge in [0.2, 0.25) is 26.0 Å². The number of anilines is 1. The summed E-state index contributed by atoms with van der Waals surface area (Å²) in [6, 6.07) is 11.6. The molecule has 1 aromatic heterocycles. The van der Waals surface area contributed by atoms with E-state index in [0.717, 1.165) is 4.31 Å². The highest BCUT2D eigenvalue weighted by molar-refractivity contribution is 7.99. The van der Waals surface area contributed by atoms with Crippen molar-refractivity contribution in [3.63, 3.8) is 0 Å². The molecule has 1 saturated heterocycles. The molecule has 0 unspecified atom stereocenters. The summed E-state index contributed by atoms with van der Waals surface area (Å²) in [5.74, 6) is -0.555. The van der Waals surface area contributed by atoms with Gasteiger partial charge in [-0.1, -0.05) is 23.5 Å². The van der Waals surface area contributed by atoms with Crippen LogP contribution in [0.3, 0.4) is 0 Å². The molecule has 13 heteroatoms. The molecule has 0 atom stereocenters. The minimum Gasteiger partial charge on any atom is -0.302 e. The van der Waals surface area contributed by atoms with Crippen LogP contribution < -0.4 is 5.32 Å². The molecular weight excluding hydrogens is 529 g/mol. The van der Waals surface area contributed by atoms with Gasteiger partial charge in [-0.15, -0.1) is 11.8 Å². The van der Waals surface area contributed by atoms with Crippen LogP contribution in [-0.4, -0.2) is 69.8 Å². The minimum atomic E-state index is -3.63. The Labute approximate surface area is 213 Å². The molecule has 0 aliphatic carbocycles. The summed E-state index contributed by atoms with van der Waals surface area (Å²) >= 11 is 2.59. The molecule has 1 fully saturated rings. The first kappa shape index (κ1) is 26.0. The molecular formula is C22H26N4O5S4. The number of rotatable bonds is 7. The maximum Gasteiger partial charge on any atom is 0.244 e. The second-order valence-electron chi connectivity index (χ2n) is 8.25. The van der Waals surface area contributed by atoms with E-state index in [1.54, 1.807) is 30.3 Å². The molecule has 1 aliphatic heterocycles. The van der Waals surface area contributed by atoms with Gasteiger partial charge in [0, 0.05) is 38.0 Å². The molecule has 1 aliphatic rings. The molecule has 4 rings (SSSR count). The van der Waals surface area contributed by atoms with Crippen molar-refractivity contribution in [2.45, 2.75) is 27.5 Å². The molecule has 0 saturated carbocycles. The lowest BCUT2D eigenvalue weighted by Crippen LogP contribution is -2.41. The first-order valence-electron chi connectivity index (χ1n) is 10.8. The van der Waals surface area contributed by atoms with Gasteiger partial charge in [0.1, 0.15) is 0 Å². The van der Waals surface area contributed by atoms with Crippen molar-refractivity contribution in [2.24, 2.45) is 5.92 Å². The number of hydrogen-bond acceptors (Lipinski definition) is 8. The first-order chi connectivity index (χ1) is 16.5. The fourth-order valence-electron chi connectivity index (χ4n) is 3.87. The highest BCUT2D eigenvalue weighted by atomic mass is 32.2. The molecule has 2 aromatic carbocycles. The number of fused-ring (bicyclic) bond motifs is 1. The largest absolute Gasteiger partial charge is 0.302 e. The Hall–Kier alpha value is -2.03. The number of carbonyl (C=O) groups is 1. The summed E-state index contributed by atoms with van der Waals surface area (Å²) in [6.45, 7) is 0.517. The molecule has 2 heterocycles. The topological polar surface area (TPSA) is 117 Å². The highest BCUT2D eigenvalue weighted by Crippen LogP contribution is 2.32. The van der Waals surface area contributed by atoms with E-state index >= 15 is 0 Å². The smallest absolute Gasteiger partial charge is 0.244 e. The number of piperidine rings is 1. The van der Waals surface area contributed by atoms with Crippen molar-refractivity contribution < 1.29 is 21.6 Å². The van der Waals surface area contributed by atoms with E-state index in [2.05, 4.69) is 10.3 Å². The van der Waals surface area contributed by atoms with Gasteiger partial charge in [0.05, 0.1) is 20.0 Å².